The zero-order valence-corrected chi connectivity index (χ0v) is 14.3. The topological polar surface area (TPSA) is 61.4 Å². The van der Waals surface area contributed by atoms with E-state index in [1.54, 1.807) is 26.4 Å². The van der Waals surface area contributed by atoms with Crippen LogP contribution in [0, 0.1) is 0 Å². The number of amides is 1. The van der Waals surface area contributed by atoms with E-state index < -0.39 is 0 Å². The number of halogens is 1. The average molecular weight is 351 g/mol. The van der Waals surface area contributed by atoms with Gasteiger partial charge in [-0.05, 0) is 24.3 Å². The lowest BCUT2D eigenvalue weighted by Crippen LogP contribution is -2.20. The van der Waals surface area contributed by atoms with E-state index in [-0.39, 0.29) is 5.91 Å². The van der Waals surface area contributed by atoms with Gasteiger partial charge in [0.15, 0.2) is 4.80 Å². The number of thiazole rings is 1. The Morgan fingerprint density at radius 1 is 1.43 bits per heavy atom. The molecule has 0 aliphatic rings. The van der Waals surface area contributed by atoms with Crippen molar-refractivity contribution in [2.24, 2.45) is 12.0 Å². The number of rotatable bonds is 4. The molecule has 0 fully saturated rings. The fourth-order valence-electron chi connectivity index (χ4n) is 2.26. The van der Waals surface area contributed by atoms with Crippen LogP contribution in [0.15, 0.2) is 35.5 Å². The second-order valence-corrected chi connectivity index (χ2v) is 6.34. The van der Waals surface area contributed by atoms with Crippen molar-refractivity contribution in [3.8, 4) is 0 Å². The molecule has 3 aromatic rings. The summed E-state index contributed by atoms with van der Waals surface area (Å²) < 4.78 is 9.61. The number of hydrogen-bond acceptors (Lipinski definition) is 4. The summed E-state index contributed by atoms with van der Waals surface area (Å²) in [5.41, 5.74) is 1.42. The molecule has 0 radical (unpaired) electrons. The number of nitrogens with zero attached hydrogens (tertiary/aromatic N) is 4. The lowest BCUT2D eigenvalue weighted by Gasteiger charge is -2.04. The van der Waals surface area contributed by atoms with Crippen molar-refractivity contribution in [1.29, 1.82) is 0 Å². The summed E-state index contributed by atoms with van der Waals surface area (Å²) >= 11 is 7.48. The highest BCUT2D eigenvalue weighted by Gasteiger charge is 2.12. The minimum Gasteiger partial charge on any atom is -0.383 e. The first-order valence-electron chi connectivity index (χ1n) is 6.95. The molecule has 2 heterocycles. The molecule has 8 heteroatoms. The maximum absolute atomic E-state index is 12.4. The number of aromatic nitrogens is 3. The maximum Gasteiger partial charge on any atom is 0.297 e. The molecule has 6 nitrogen and oxygen atoms in total. The summed E-state index contributed by atoms with van der Waals surface area (Å²) in [6, 6.07) is 7.28. The van der Waals surface area contributed by atoms with E-state index in [2.05, 4.69) is 10.1 Å². The minimum atomic E-state index is -0.325. The van der Waals surface area contributed by atoms with Crippen LogP contribution in [-0.2, 0) is 18.3 Å². The molecule has 0 N–H and O–H groups in total. The van der Waals surface area contributed by atoms with Gasteiger partial charge in [-0.25, -0.2) is 0 Å². The van der Waals surface area contributed by atoms with E-state index in [1.165, 1.54) is 16.0 Å². The predicted molar refractivity (Wildman–Crippen MR) is 89.8 cm³/mol. The first kappa shape index (κ1) is 15.9. The lowest BCUT2D eigenvalue weighted by atomic mass is 10.3. The van der Waals surface area contributed by atoms with Crippen molar-refractivity contribution < 1.29 is 9.53 Å². The van der Waals surface area contributed by atoms with E-state index in [4.69, 9.17) is 16.3 Å². The van der Waals surface area contributed by atoms with Gasteiger partial charge in [-0.3, -0.25) is 9.48 Å². The average Bonchev–Trinajstić information content (AvgIpc) is 3.08. The van der Waals surface area contributed by atoms with Gasteiger partial charge in [0.1, 0.15) is 5.69 Å². The second-order valence-electron chi connectivity index (χ2n) is 4.90. The van der Waals surface area contributed by atoms with Gasteiger partial charge >= 0.3 is 0 Å². The second kappa shape index (κ2) is 6.66. The Bertz CT molecular complexity index is 925. The van der Waals surface area contributed by atoms with Crippen molar-refractivity contribution in [1.82, 2.24) is 14.3 Å². The van der Waals surface area contributed by atoms with Crippen molar-refractivity contribution in [2.75, 3.05) is 13.7 Å². The smallest absolute Gasteiger partial charge is 0.297 e. The van der Waals surface area contributed by atoms with Gasteiger partial charge in [-0.2, -0.15) is 10.1 Å². The zero-order chi connectivity index (χ0) is 16.4. The molecule has 0 unspecified atom stereocenters. The summed E-state index contributed by atoms with van der Waals surface area (Å²) in [5.74, 6) is -0.325. The number of ether oxygens (including phenoxy) is 1. The molecule has 1 amide bonds. The number of hydrogen-bond donors (Lipinski definition) is 0. The number of carbonyl (C=O) groups is 1. The summed E-state index contributed by atoms with van der Waals surface area (Å²) in [5, 5.41) is 4.66. The number of methoxy groups -OCH3 is 1. The highest BCUT2D eigenvalue weighted by molar-refractivity contribution is 7.16. The molecule has 2 aromatic heterocycles. The van der Waals surface area contributed by atoms with Gasteiger partial charge in [-0.1, -0.05) is 22.9 Å². The molecule has 0 aliphatic heterocycles. The standard InChI is InChI=1S/C15H15ClN4O2S/c1-19-12(5-6-17-19)14(21)18-15-20(7-8-22-2)11-4-3-10(16)9-13(11)23-15/h3-6,9H,7-8H2,1-2H3. The third-order valence-electron chi connectivity index (χ3n) is 3.40. The number of carbonyl (C=O) groups excluding carboxylic acids is 1. The highest BCUT2D eigenvalue weighted by atomic mass is 35.5. The fraction of sp³-hybridized carbons (Fsp3) is 0.267. The Hall–Kier alpha value is -1.96. The maximum atomic E-state index is 12.4. The van der Waals surface area contributed by atoms with Crippen molar-refractivity contribution >= 4 is 39.1 Å². The van der Waals surface area contributed by atoms with Crippen LogP contribution in [0.4, 0.5) is 0 Å². The number of benzene rings is 1. The normalized spacial score (nSPS) is 12.2. The summed E-state index contributed by atoms with van der Waals surface area (Å²) in [7, 11) is 3.36. The van der Waals surface area contributed by atoms with Gasteiger partial charge in [0.2, 0.25) is 0 Å². The van der Waals surface area contributed by atoms with Crippen LogP contribution in [0.3, 0.4) is 0 Å². The van der Waals surface area contributed by atoms with Crippen LogP contribution < -0.4 is 4.80 Å². The molecule has 0 aliphatic carbocycles. The van der Waals surface area contributed by atoms with Crippen LogP contribution in [0.5, 0.6) is 0 Å². The Morgan fingerprint density at radius 3 is 2.96 bits per heavy atom. The van der Waals surface area contributed by atoms with Gasteiger partial charge in [-0.15, -0.1) is 0 Å². The Labute approximate surface area is 141 Å². The molecule has 0 atom stereocenters. The molecule has 0 spiro atoms. The van der Waals surface area contributed by atoms with Crippen LogP contribution in [-0.4, -0.2) is 34.0 Å². The molecule has 1 aromatic carbocycles. The Balaban J connectivity index is 2.13. The van der Waals surface area contributed by atoms with Gasteiger partial charge < -0.3 is 9.30 Å². The Kier molecular flexibility index (Phi) is 4.61. The monoisotopic (exact) mass is 350 g/mol. The molecule has 0 saturated heterocycles. The van der Waals surface area contributed by atoms with E-state index in [9.17, 15) is 4.79 Å². The molecule has 0 bridgehead atoms. The summed E-state index contributed by atoms with van der Waals surface area (Å²) in [4.78, 5) is 17.3. The van der Waals surface area contributed by atoms with Crippen LogP contribution >= 0.6 is 22.9 Å². The molecule has 120 valence electrons. The molecular formula is C15H15ClN4O2S. The summed E-state index contributed by atoms with van der Waals surface area (Å²) in [6.07, 6.45) is 1.58. The van der Waals surface area contributed by atoms with Crippen molar-refractivity contribution in [2.45, 2.75) is 6.54 Å². The zero-order valence-electron chi connectivity index (χ0n) is 12.7. The Morgan fingerprint density at radius 2 is 2.26 bits per heavy atom. The minimum absolute atomic E-state index is 0.325. The van der Waals surface area contributed by atoms with Gasteiger partial charge in [0, 0.05) is 31.9 Å². The fourth-order valence-corrected chi connectivity index (χ4v) is 3.59. The number of aryl methyl sites for hydroxylation is 1. The molecule has 3 rings (SSSR count). The van der Waals surface area contributed by atoms with E-state index in [1.807, 2.05) is 22.8 Å². The first-order chi connectivity index (χ1) is 11.1. The predicted octanol–water partition coefficient (Wildman–Crippen LogP) is 2.48. The molecule has 0 saturated carbocycles. The van der Waals surface area contributed by atoms with E-state index in [0.29, 0.717) is 28.7 Å². The molecule has 23 heavy (non-hydrogen) atoms. The van der Waals surface area contributed by atoms with E-state index in [0.717, 1.165) is 10.2 Å². The van der Waals surface area contributed by atoms with Crippen LogP contribution in [0.2, 0.25) is 5.02 Å². The third kappa shape index (κ3) is 3.21. The van der Waals surface area contributed by atoms with Crippen molar-refractivity contribution in [3.63, 3.8) is 0 Å². The largest absolute Gasteiger partial charge is 0.383 e. The SMILES string of the molecule is COCCn1c(=NC(=O)c2ccnn2C)sc2cc(Cl)ccc21. The lowest BCUT2D eigenvalue weighted by molar-refractivity contribution is 0.0988. The van der Waals surface area contributed by atoms with Crippen molar-refractivity contribution in [3.05, 3.63) is 46.0 Å². The molecular weight excluding hydrogens is 336 g/mol. The van der Waals surface area contributed by atoms with Crippen LogP contribution in [0.1, 0.15) is 10.5 Å². The van der Waals surface area contributed by atoms with E-state index >= 15 is 0 Å². The van der Waals surface area contributed by atoms with Gasteiger partial charge in [0.05, 0.1) is 16.8 Å². The number of fused-ring (bicyclic) bond motifs is 1. The first-order valence-corrected chi connectivity index (χ1v) is 8.14. The summed E-state index contributed by atoms with van der Waals surface area (Å²) in [6.45, 7) is 1.14. The third-order valence-corrected chi connectivity index (χ3v) is 4.68. The highest BCUT2D eigenvalue weighted by Crippen LogP contribution is 2.22. The van der Waals surface area contributed by atoms with Gasteiger partial charge in [0.25, 0.3) is 5.91 Å². The quantitative estimate of drug-likeness (QED) is 0.726. The van der Waals surface area contributed by atoms with Crippen LogP contribution in [0.25, 0.3) is 10.2 Å².